The van der Waals surface area contributed by atoms with E-state index in [1.54, 1.807) is 32.5 Å². The van der Waals surface area contributed by atoms with Crippen LogP contribution in [-0.2, 0) is 25.7 Å². The van der Waals surface area contributed by atoms with E-state index in [2.05, 4.69) is 47.6 Å². The van der Waals surface area contributed by atoms with Gasteiger partial charge >= 0.3 is 0 Å². The lowest BCUT2D eigenvalue weighted by molar-refractivity contribution is -0.145. The van der Waals surface area contributed by atoms with Gasteiger partial charge in [0.1, 0.15) is 35.3 Å². The van der Waals surface area contributed by atoms with Gasteiger partial charge in [0, 0.05) is 56.0 Å². The van der Waals surface area contributed by atoms with Gasteiger partial charge in [-0.1, -0.05) is 69.3 Å². The van der Waals surface area contributed by atoms with E-state index in [1.165, 1.54) is 28.0 Å². The molecule has 3 saturated heterocycles. The van der Waals surface area contributed by atoms with Crippen LogP contribution in [0.15, 0.2) is 64.2 Å². The number of piperidine rings is 2. The molecule has 0 spiro atoms. The molecule has 2 aromatic carbocycles. The monoisotopic (exact) mass is 1070 g/mol. The number of hydrogen-bond donors (Lipinski definition) is 5. The minimum Gasteiger partial charge on any atom is -0.492 e. The predicted molar refractivity (Wildman–Crippen MR) is 288 cm³/mol. The Bertz CT molecular complexity index is 2620. The third-order valence-electron chi connectivity index (χ3n) is 15.1. The minimum atomic E-state index is -1.97. The normalized spacial score (nSPS) is 20.2. The number of aryl methyl sites for hydroxylation is 1. The van der Waals surface area contributed by atoms with Crippen molar-refractivity contribution in [3.63, 3.8) is 0 Å². The number of carbonyl (C=O) groups is 4. The van der Waals surface area contributed by atoms with Crippen LogP contribution in [0, 0.1) is 23.7 Å². The van der Waals surface area contributed by atoms with Gasteiger partial charge in [0.05, 0.1) is 45.3 Å². The van der Waals surface area contributed by atoms with Crippen molar-refractivity contribution in [3.05, 3.63) is 70.6 Å². The standard InChI is InChI=1S/C54H72ClFN10O6S2/c1-34-47(73-33-61-34)36-12-13-37(28-60-49(69)40-27-38(67)31-66(40)50(70)48(52(2,3)4)63-51(71)54(56)16-17-54)41(26-36)72-25-24-64-20-14-35(15-21-64)8-6-11-44(68)62-39-9-7-10-42(46(39)55)74-45-30-58-43(29-59-45)65-22-18-53(5,32-57)19-23-65/h7,9-10,12-13,26,29-30,33,35,38,40,48,67H,6,8,11,14-25,27-28,31-32,57H2,1-5H3,(H,60,69)(H,62,68)(H,63,71)/t38-,40+,48-/m1/s1. The second kappa shape index (κ2) is 24.0. The number of rotatable bonds is 20. The van der Waals surface area contributed by atoms with E-state index in [9.17, 15) is 28.7 Å². The number of aliphatic hydroxyl groups is 1. The lowest BCUT2D eigenvalue weighted by Gasteiger charge is -2.39. The van der Waals surface area contributed by atoms with Crippen molar-refractivity contribution < 1.29 is 33.4 Å². The zero-order valence-corrected chi connectivity index (χ0v) is 45.7. The Morgan fingerprint density at radius 1 is 1.04 bits per heavy atom. The van der Waals surface area contributed by atoms with Crippen LogP contribution >= 0.6 is 34.7 Å². The van der Waals surface area contributed by atoms with Gasteiger partial charge in [0.15, 0.2) is 5.67 Å². The first-order valence-corrected chi connectivity index (χ1v) is 28.1. The Morgan fingerprint density at radius 3 is 2.46 bits per heavy atom. The summed E-state index contributed by atoms with van der Waals surface area (Å²) in [5.41, 5.74) is 8.39. The number of benzene rings is 2. The summed E-state index contributed by atoms with van der Waals surface area (Å²) in [5.74, 6) is 0.114. The van der Waals surface area contributed by atoms with Gasteiger partial charge in [0.2, 0.25) is 17.7 Å². The number of nitrogens with one attached hydrogen (secondary N) is 3. The molecule has 74 heavy (non-hydrogen) atoms. The number of halogens is 2. The molecular weight excluding hydrogens is 1000 g/mol. The van der Waals surface area contributed by atoms with Crippen molar-refractivity contribution in [1.82, 2.24) is 35.4 Å². The maximum Gasteiger partial charge on any atom is 0.258 e. The van der Waals surface area contributed by atoms with Gasteiger partial charge in [-0.15, -0.1) is 11.3 Å². The zero-order valence-electron chi connectivity index (χ0n) is 43.3. The molecule has 8 rings (SSSR count). The average molecular weight is 1080 g/mol. The van der Waals surface area contributed by atoms with Gasteiger partial charge in [0.25, 0.3) is 5.91 Å². The topological polar surface area (TPSA) is 208 Å². The molecule has 3 aliphatic heterocycles. The molecule has 3 atom stereocenters. The number of hydrogen-bond acceptors (Lipinski definition) is 14. The highest BCUT2D eigenvalue weighted by atomic mass is 35.5. The molecule has 16 nitrogen and oxygen atoms in total. The Balaban J connectivity index is 0.785. The third-order valence-corrected chi connectivity index (χ3v) is 17.6. The smallest absolute Gasteiger partial charge is 0.258 e. The number of thiazole rings is 1. The number of β-amino-alcohol motifs (C(OH)–C–C–N with tert-alkyl or cyclic N) is 1. The van der Waals surface area contributed by atoms with Crippen molar-refractivity contribution in [2.24, 2.45) is 22.5 Å². The Morgan fingerprint density at radius 2 is 1.80 bits per heavy atom. The van der Waals surface area contributed by atoms with Crippen molar-refractivity contribution in [2.45, 2.75) is 139 Å². The summed E-state index contributed by atoms with van der Waals surface area (Å²) in [6.07, 6.45) is 9.11. The molecule has 5 heterocycles. The summed E-state index contributed by atoms with van der Waals surface area (Å²) >= 11 is 9.77. The average Bonchev–Trinajstić information content (AvgIpc) is 3.79. The van der Waals surface area contributed by atoms with Gasteiger partial charge in [-0.25, -0.2) is 19.3 Å². The lowest BCUT2D eigenvalue weighted by Crippen LogP contribution is -2.59. The minimum absolute atomic E-state index is 0.0299. The highest BCUT2D eigenvalue weighted by molar-refractivity contribution is 7.99. The molecule has 400 valence electrons. The fourth-order valence-corrected chi connectivity index (χ4v) is 11.8. The highest BCUT2D eigenvalue weighted by Crippen LogP contribution is 2.41. The van der Waals surface area contributed by atoms with E-state index >= 15 is 0 Å². The van der Waals surface area contributed by atoms with Crippen LogP contribution in [-0.4, -0.2) is 130 Å². The summed E-state index contributed by atoms with van der Waals surface area (Å²) in [5, 5.41) is 20.5. The molecule has 4 amide bonds. The van der Waals surface area contributed by atoms with Crippen LogP contribution in [0.5, 0.6) is 5.75 Å². The van der Waals surface area contributed by atoms with Crippen molar-refractivity contribution >= 4 is 69.8 Å². The summed E-state index contributed by atoms with van der Waals surface area (Å²) in [6.45, 7) is 15.0. The molecule has 0 unspecified atom stereocenters. The fourth-order valence-electron chi connectivity index (χ4n) is 9.92. The number of anilines is 2. The molecular formula is C54H72ClFN10O6S2. The predicted octanol–water partition coefficient (Wildman–Crippen LogP) is 7.79. The fraction of sp³-hybridized carbons (Fsp3) is 0.574. The number of amides is 4. The number of aromatic nitrogens is 3. The first kappa shape index (κ1) is 55.3. The van der Waals surface area contributed by atoms with E-state index in [1.807, 2.05) is 49.5 Å². The van der Waals surface area contributed by atoms with E-state index < -0.39 is 47.0 Å². The summed E-state index contributed by atoms with van der Waals surface area (Å²) in [6, 6.07) is 9.41. The van der Waals surface area contributed by atoms with Crippen LogP contribution in [0.25, 0.3) is 10.4 Å². The lowest BCUT2D eigenvalue weighted by atomic mass is 9.80. The molecule has 0 bridgehead atoms. The SMILES string of the molecule is Cc1ncsc1-c1ccc(CNC(=O)[C@@H]2C[C@@H](O)CN2C(=O)[C@@H](NC(=O)C2(F)CC2)C(C)(C)C)c(OCCN2CCC(CCCC(=O)Nc3cccc(Sc4cnc(N5CCC(C)(CN)CC5)cn4)c3Cl)CC2)c1. The largest absolute Gasteiger partial charge is 0.492 e. The van der Waals surface area contributed by atoms with Crippen LogP contribution in [0.2, 0.25) is 5.02 Å². The number of carbonyl (C=O) groups excluding carboxylic acids is 4. The van der Waals surface area contributed by atoms with Crippen LogP contribution in [0.4, 0.5) is 15.9 Å². The number of ether oxygens (including phenoxy) is 1. The van der Waals surface area contributed by atoms with Gasteiger partial charge in [-0.05, 0) is 118 Å². The number of alkyl halides is 1. The molecule has 4 fully saturated rings. The highest BCUT2D eigenvalue weighted by Gasteiger charge is 2.53. The summed E-state index contributed by atoms with van der Waals surface area (Å²) in [4.78, 5) is 75.2. The molecule has 20 heteroatoms. The first-order chi connectivity index (χ1) is 35.3. The first-order valence-electron chi connectivity index (χ1n) is 26.0. The summed E-state index contributed by atoms with van der Waals surface area (Å²) in [7, 11) is 0. The van der Waals surface area contributed by atoms with Crippen LogP contribution in [0.3, 0.4) is 0 Å². The van der Waals surface area contributed by atoms with Gasteiger partial charge in [-0.2, -0.15) is 0 Å². The molecule has 1 saturated carbocycles. The quantitative estimate of drug-likeness (QED) is 0.0574. The second-order valence-electron chi connectivity index (χ2n) is 21.9. The Hall–Kier alpha value is -4.92. The van der Waals surface area contributed by atoms with Crippen molar-refractivity contribution in [3.8, 4) is 16.2 Å². The second-order valence-corrected chi connectivity index (χ2v) is 24.2. The number of nitrogens with zero attached hydrogens (tertiary/aromatic N) is 6. The molecule has 2 aromatic heterocycles. The molecule has 4 aromatic rings. The third kappa shape index (κ3) is 13.9. The van der Waals surface area contributed by atoms with E-state index in [0.717, 1.165) is 102 Å². The Labute approximate surface area is 447 Å². The van der Waals surface area contributed by atoms with Crippen LogP contribution < -0.4 is 31.3 Å². The van der Waals surface area contributed by atoms with Crippen molar-refractivity contribution in [1.29, 1.82) is 0 Å². The summed E-state index contributed by atoms with van der Waals surface area (Å²) < 4.78 is 21.2. The zero-order chi connectivity index (χ0) is 52.8. The Kier molecular flexibility index (Phi) is 17.9. The maximum atomic E-state index is 14.7. The number of likely N-dealkylation sites (tertiary alicyclic amines) is 2. The van der Waals surface area contributed by atoms with Gasteiger partial charge < -0.3 is 41.3 Å². The molecule has 1 aliphatic carbocycles. The van der Waals surface area contributed by atoms with Crippen molar-refractivity contribution in [2.75, 3.05) is 62.6 Å². The van der Waals surface area contributed by atoms with Gasteiger partial charge in [-0.3, -0.25) is 24.1 Å². The molecule has 4 aliphatic rings. The van der Waals surface area contributed by atoms with Crippen LogP contribution in [0.1, 0.15) is 103 Å². The molecule has 0 radical (unpaired) electrons. The van der Waals surface area contributed by atoms with E-state index in [0.29, 0.717) is 48.5 Å². The van der Waals surface area contributed by atoms with E-state index in [-0.39, 0.29) is 43.7 Å². The number of nitrogens with two attached hydrogens (primary N) is 1. The molecule has 6 N–H and O–H groups in total. The van der Waals surface area contributed by atoms with E-state index in [4.69, 9.17) is 22.1 Å². The maximum absolute atomic E-state index is 14.7. The number of aliphatic hydroxyl groups excluding tert-OH is 1.